The second kappa shape index (κ2) is 7.82. The smallest absolute Gasteiger partial charge is 0.233 e. The van der Waals surface area contributed by atoms with E-state index in [2.05, 4.69) is 24.5 Å². The molecule has 1 rings (SSSR count). The largest absolute Gasteiger partial charge is 0.355 e. The van der Waals surface area contributed by atoms with Crippen LogP contribution in [0.3, 0.4) is 0 Å². The lowest BCUT2D eigenvalue weighted by atomic mass is 10.1. The summed E-state index contributed by atoms with van der Waals surface area (Å²) >= 11 is 0. The minimum Gasteiger partial charge on any atom is -0.355 e. The van der Waals surface area contributed by atoms with E-state index in [9.17, 15) is 9.18 Å². The van der Waals surface area contributed by atoms with Crippen molar-refractivity contribution < 1.29 is 9.18 Å². The van der Waals surface area contributed by atoms with Crippen LogP contribution in [0.15, 0.2) is 24.3 Å². The van der Waals surface area contributed by atoms with Crippen LogP contribution in [0.1, 0.15) is 25.8 Å². The Labute approximate surface area is 108 Å². The van der Waals surface area contributed by atoms with Gasteiger partial charge in [-0.2, -0.15) is 0 Å². The predicted molar refractivity (Wildman–Crippen MR) is 70.6 cm³/mol. The van der Waals surface area contributed by atoms with Crippen molar-refractivity contribution >= 4 is 5.91 Å². The maximum absolute atomic E-state index is 13.3. The van der Waals surface area contributed by atoms with Crippen LogP contribution in [0, 0.1) is 11.7 Å². The summed E-state index contributed by atoms with van der Waals surface area (Å²) in [7, 11) is 0. The van der Waals surface area contributed by atoms with Crippen molar-refractivity contribution in [1.29, 1.82) is 0 Å². The molecule has 0 atom stereocenters. The zero-order valence-corrected chi connectivity index (χ0v) is 11.0. The van der Waals surface area contributed by atoms with Crippen molar-refractivity contribution in [3.63, 3.8) is 0 Å². The van der Waals surface area contributed by atoms with Crippen molar-refractivity contribution in [3.8, 4) is 0 Å². The number of hydrogen-bond acceptors (Lipinski definition) is 2. The van der Waals surface area contributed by atoms with Gasteiger partial charge >= 0.3 is 0 Å². The molecule has 3 nitrogen and oxygen atoms in total. The molecule has 0 bridgehead atoms. The molecule has 0 aliphatic heterocycles. The highest BCUT2D eigenvalue weighted by atomic mass is 19.1. The van der Waals surface area contributed by atoms with Crippen LogP contribution in [-0.2, 0) is 11.3 Å². The van der Waals surface area contributed by atoms with Crippen LogP contribution in [0.25, 0.3) is 0 Å². The topological polar surface area (TPSA) is 41.1 Å². The summed E-state index contributed by atoms with van der Waals surface area (Å²) in [5, 5.41) is 5.75. The molecule has 0 radical (unpaired) electrons. The number of rotatable bonds is 7. The van der Waals surface area contributed by atoms with E-state index in [4.69, 9.17) is 0 Å². The Morgan fingerprint density at radius 2 is 2.06 bits per heavy atom. The molecule has 0 unspecified atom stereocenters. The SMILES string of the molecule is CC(C)CCNC(=O)CNCc1ccccc1F. The first-order valence-corrected chi connectivity index (χ1v) is 6.30. The second-order valence-electron chi connectivity index (χ2n) is 4.73. The minimum absolute atomic E-state index is 0.0491. The fourth-order valence-electron chi connectivity index (χ4n) is 1.52. The monoisotopic (exact) mass is 252 g/mol. The highest BCUT2D eigenvalue weighted by molar-refractivity contribution is 5.77. The van der Waals surface area contributed by atoms with Gasteiger partial charge in [-0.15, -0.1) is 0 Å². The highest BCUT2D eigenvalue weighted by Gasteiger charge is 2.03. The molecule has 1 aromatic rings. The average Bonchev–Trinajstić information content (AvgIpc) is 2.31. The molecular formula is C14H21FN2O. The number of carbonyl (C=O) groups is 1. The average molecular weight is 252 g/mol. The van der Waals surface area contributed by atoms with Gasteiger partial charge in [0.25, 0.3) is 0 Å². The van der Waals surface area contributed by atoms with Crippen molar-refractivity contribution in [3.05, 3.63) is 35.6 Å². The van der Waals surface area contributed by atoms with Crippen LogP contribution in [-0.4, -0.2) is 19.0 Å². The van der Waals surface area contributed by atoms with E-state index in [1.807, 2.05) is 0 Å². The lowest BCUT2D eigenvalue weighted by Gasteiger charge is -2.08. The van der Waals surface area contributed by atoms with E-state index in [0.29, 0.717) is 24.6 Å². The molecule has 0 aliphatic carbocycles. The van der Waals surface area contributed by atoms with Gasteiger partial charge in [0.2, 0.25) is 5.91 Å². The molecule has 18 heavy (non-hydrogen) atoms. The summed E-state index contributed by atoms with van der Waals surface area (Å²) in [6.07, 6.45) is 0.971. The first-order chi connectivity index (χ1) is 8.59. The summed E-state index contributed by atoms with van der Waals surface area (Å²) in [6.45, 7) is 5.50. The molecule has 1 amide bonds. The van der Waals surface area contributed by atoms with Crippen LogP contribution in [0.2, 0.25) is 0 Å². The molecule has 1 aromatic carbocycles. The van der Waals surface area contributed by atoms with Crippen molar-refractivity contribution in [1.82, 2.24) is 10.6 Å². The van der Waals surface area contributed by atoms with E-state index in [1.54, 1.807) is 18.2 Å². The summed E-state index contributed by atoms with van der Waals surface area (Å²) in [4.78, 5) is 11.4. The fraction of sp³-hybridized carbons (Fsp3) is 0.500. The van der Waals surface area contributed by atoms with Gasteiger partial charge in [-0.05, 0) is 18.4 Å². The van der Waals surface area contributed by atoms with Gasteiger partial charge in [0, 0.05) is 18.7 Å². The predicted octanol–water partition coefficient (Wildman–Crippen LogP) is 2.08. The quantitative estimate of drug-likeness (QED) is 0.780. The maximum Gasteiger partial charge on any atom is 0.233 e. The van der Waals surface area contributed by atoms with Crippen LogP contribution >= 0.6 is 0 Å². The first-order valence-electron chi connectivity index (χ1n) is 6.30. The first kappa shape index (κ1) is 14.6. The van der Waals surface area contributed by atoms with Crippen LogP contribution in [0.4, 0.5) is 4.39 Å². The van der Waals surface area contributed by atoms with Crippen LogP contribution in [0.5, 0.6) is 0 Å². The number of carbonyl (C=O) groups excluding carboxylic acids is 1. The summed E-state index contributed by atoms with van der Waals surface area (Å²) in [5.41, 5.74) is 0.576. The van der Waals surface area contributed by atoms with Gasteiger partial charge in [0.15, 0.2) is 0 Å². The van der Waals surface area contributed by atoms with Crippen molar-refractivity contribution in [2.75, 3.05) is 13.1 Å². The van der Waals surface area contributed by atoms with E-state index >= 15 is 0 Å². The third-order valence-corrected chi connectivity index (χ3v) is 2.60. The van der Waals surface area contributed by atoms with Crippen molar-refractivity contribution in [2.45, 2.75) is 26.8 Å². The third-order valence-electron chi connectivity index (χ3n) is 2.60. The Bertz CT molecular complexity index is 380. The van der Waals surface area contributed by atoms with Gasteiger partial charge in [0.05, 0.1) is 6.54 Å². The van der Waals surface area contributed by atoms with Crippen molar-refractivity contribution in [2.24, 2.45) is 5.92 Å². The van der Waals surface area contributed by atoms with E-state index < -0.39 is 0 Å². The third kappa shape index (κ3) is 5.77. The zero-order valence-electron chi connectivity index (χ0n) is 11.0. The molecule has 2 N–H and O–H groups in total. The molecule has 0 saturated heterocycles. The van der Waals surface area contributed by atoms with Gasteiger partial charge < -0.3 is 10.6 Å². The highest BCUT2D eigenvalue weighted by Crippen LogP contribution is 2.05. The van der Waals surface area contributed by atoms with Crippen LogP contribution < -0.4 is 10.6 Å². The maximum atomic E-state index is 13.3. The molecule has 0 aromatic heterocycles. The Balaban J connectivity index is 2.18. The zero-order chi connectivity index (χ0) is 13.4. The van der Waals surface area contributed by atoms with Gasteiger partial charge in [-0.3, -0.25) is 4.79 Å². The molecular weight excluding hydrogens is 231 g/mol. The Morgan fingerprint density at radius 1 is 1.33 bits per heavy atom. The molecule has 4 heteroatoms. The standard InChI is InChI=1S/C14H21FN2O/c1-11(2)7-8-17-14(18)10-16-9-12-5-3-4-6-13(12)15/h3-6,11,16H,7-10H2,1-2H3,(H,17,18). The van der Waals surface area contributed by atoms with E-state index in [0.717, 1.165) is 6.42 Å². The molecule has 0 heterocycles. The number of amides is 1. The lowest BCUT2D eigenvalue weighted by Crippen LogP contribution is -2.34. The second-order valence-corrected chi connectivity index (χ2v) is 4.73. The Kier molecular flexibility index (Phi) is 6.36. The summed E-state index contributed by atoms with van der Waals surface area (Å²) < 4.78 is 13.3. The molecule has 0 fully saturated rings. The number of hydrogen-bond donors (Lipinski definition) is 2. The Morgan fingerprint density at radius 3 is 2.72 bits per heavy atom. The molecule has 0 aliphatic rings. The fourth-order valence-corrected chi connectivity index (χ4v) is 1.52. The van der Waals surface area contributed by atoms with Gasteiger partial charge in [-0.25, -0.2) is 4.39 Å². The molecule has 0 spiro atoms. The minimum atomic E-state index is -0.245. The summed E-state index contributed by atoms with van der Waals surface area (Å²) in [6, 6.07) is 6.55. The number of halogens is 1. The van der Waals surface area contributed by atoms with Gasteiger partial charge in [-0.1, -0.05) is 32.0 Å². The molecule has 100 valence electrons. The van der Waals surface area contributed by atoms with E-state index in [-0.39, 0.29) is 18.3 Å². The summed E-state index contributed by atoms with van der Waals surface area (Å²) in [5.74, 6) is 0.286. The normalized spacial score (nSPS) is 10.7. The van der Waals surface area contributed by atoms with Gasteiger partial charge in [0.1, 0.15) is 5.82 Å². The van der Waals surface area contributed by atoms with E-state index in [1.165, 1.54) is 6.07 Å². The number of benzene rings is 1. The lowest BCUT2D eigenvalue weighted by molar-refractivity contribution is -0.120. The molecule has 0 saturated carbocycles. The number of nitrogens with one attached hydrogen (secondary N) is 2. The Hall–Kier alpha value is -1.42.